The van der Waals surface area contributed by atoms with Crippen molar-refractivity contribution in [3.63, 3.8) is 0 Å². The van der Waals surface area contributed by atoms with Gasteiger partial charge in [0.2, 0.25) is 0 Å². The number of phenolic OH excluding ortho intramolecular Hbond substituents is 1. The van der Waals surface area contributed by atoms with Gasteiger partial charge in [0.1, 0.15) is 11.8 Å². The van der Waals surface area contributed by atoms with Crippen LogP contribution in [0.1, 0.15) is 5.56 Å². The molecule has 0 amide bonds. The van der Waals surface area contributed by atoms with Crippen molar-refractivity contribution in [2.24, 2.45) is 0 Å². The minimum atomic E-state index is -1.20. The fourth-order valence-electron chi connectivity index (χ4n) is 2.30. The average molecular weight is 297 g/mol. The number of nitrogens with zero attached hydrogens (tertiary/aromatic N) is 1. The van der Waals surface area contributed by atoms with Gasteiger partial charge < -0.3 is 14.9 Å². The molecule has 0 aliphatic carbocycles. The molecule has 1 heterocycles. The van der Waals surface area contributed by atoms with E-state index in [4.69, 9.17) is 4.74 Å². The van der Waals surface area contributed by atoms with E-state index in [1.807, 2.05) is 0 Å². The van der Waals surface area contributed by atoms with Crippen LogP contribution in [-0.2, 0) is 19.2 Å². The number of benzene rings is 1. The van der Waals surface area contributed by atoms with Gasteiger partial charge in [0.15, 0.2) is 4.87 Å². The van der Waals surface area contributed by atoms with Gasteiger partial charge in [0.25, 0.3) is 0 Å². The molecule has 1 aromatic rings. The van der Waals surface area contributed by atoms with Crippen molar-refractivity contribution in [1.82, 2.24) is 4.90 Å². The largest absolute Gasteiger partial charge is 0.508 e. The Morgan fingerprint density at radius 1 is 1.40 bits per heavy atom. The van der Waals surface area contributed by atoms with E-state index >= 15 is 0 Å². The smallest absolute Gasteiger partial charge is 0.341 e. The molecule has 2 N–H and O–H groups in total. The number of likely N-dealkylation sites (N-methyl/N-ethyl adjacent to an activating group) is 1. The molecule has 1 unspecified atom stereocenters. The number of carbonyl (C=O) groups excluding carboxylic acids is 1. The van der Waals surface area contributed by atoms with Gasteiger partial charge in [0.05, 0.1) is 7.11 Å². The molecule has 1 aliphatic heterocycles. The lowest BCUT2D eigenvalue weighted by molar-refractivity contribution is -0.152. The zero-order valence-electron chi connectivity index (χ0n) is 11.1. The number of aliphatic carboxylic acids is 1. The normalized spacial score (nSPS) is 26.4. The average Bonchev–Trinajstić information content (AvgIpc) is 2.77. The molecule has 0 bridgehead atoms. The second-order valence-electron chi connectivity index (χ2n) is 4.46. The maximum atomic E-state index is 12.3. The molecule has 0 saturated carbocycles. The van der Waals surface area contributed by atoms with Crippen LogP contribution in [-0.4, -0.2) is 53.0 Å². The maximum absolute atomic E-state index is 12.3. The third kappa shape index (κ3) is 2.12. The molecule has 0 radical (unpaired) electrons. The Hall–Kier alpha value is -1.73. The van der Waals surface area contributed by atoms with Crippen molar-refractivity contribution in [3.8, 4) is 5.75 Å². The first-order chi connectivity index (χ1) is 9.43. The van der Waals surface area contributed by atoms with Crippen LogP contribution >= 0.6 is 11.8 Å². The highest BCUT2D eigenvalue weighted by Gasteiger charge is 2.55. The Morgan fingerprint density at radius 2 is 2.00 bits per heavy atom. The SMILES string of the molecule is COC(=O)C1(c2ccc(O)cc2)SC[C@@H](C(=O)O)N1C. The lowest BCUT2D eigenvalue weighted by atomic mass is 10.0. The van der Waals surface area contributed by atoms with E-state index in [9.17, 15) is 19.8 Å². The standard InChI is InChI=1S/C13H15NO5S/c1-14-10(11(16)17)7-20-13(14,12(18)19-2)8-3-5-9(15)6-4-8/h3-6,10,15H,7H2,1-2H3,(H,16,17)/t10-,13?/m0/s1. The zero-order chi connectivity index (χ0) is 14.9. The molecule has 1 saturated heterocycles. The Labute approximate surface area is 120 Å². The number of thioether (sulfide) groups is 1. The van der Waals surface area contributed by atoms with Crippen LogP contribution in [0.25, 0.3) is 0 Å². The summed E-state index contributed by atoms with van der Waals surface area (Å²) >= 11 is 1.21. The van der Waals surface area contributed by atoms with E-state index in [-0.39, 0.29) is 11.5 Å². The third-order valence-electron chi connectivity index (χ3n) is 3.42. The molecule has 7 heteroatoms. The van der Waals surface area contributed by atoms with Crippen molar-refractivity contribution >= 4 is 23.7 Å². The predicted octanol–water partition coefficient (Wildman–Crippen LogP) is 0.850. The second-order valence-corrected chi connectivity index (χ2v) is 5.67. The minimum Gasteiger partial charge on any atom is -0.508 e. The number of hydrogen-bond acceptors (Lipinski definition) is 6. The fraction of sp³-hybridized carbons (Fsp3) is 0.385. The van der Waals surface area contributed by atoms with Gasteiger partial charge in [0, 0.05) is 5.75 Å². The maximum Gasteiger partial charge on any atom is 0.341 e. The molecule has 2 rings (SSSR count). The highest BCUT2D eigenvalue weighted by Crippen LogP contribution is 2.47. The lowest BCUT2D eigenvalue weighted by Crippen LogP contribution is -2.49. The number of hydrogen-bond donors (Lipinski definition) is 2. The number of carbonyl (C=O) groups is 2. The van der Waals surface area contributed by atoms with Crippen LogP contribution in [0, 0.1) is 0 Å². The first-order valence-electron chi connectivity index (χ1n) is 5.91. The van der Waals surface area contributed by atoms with Crippen molar-refractivity contribution < 1.29 is 24.5 Å². The van der Waals surface area contributed by atoms with Gasteiger partial charge in [-0.25, -0.2) is 4.79 Å². The summed E-state index contributed by atoms with van der Waals surface area (Å²) in [6, 6.07) is 5.35. The van der Waals surface area contributed by atoms with Crippen molar-refractivity contribution in [1.29, 1.82) is 0 Å². The van der Waals surface area contributed by atoms with Gasteiger partial charge in [-0.05, 0) is 24.7 Å². The zero-order valence-corrected chi connectivity index (χ0v) is 11.9. The Balaban J connectivity index is 2.50. The molecule has 0 spiro atoms. The number of esters is 1. The van der Waals surface area contributed by atoms with Crippen LogP contribution in [0.3, 0.4) is 0 Å². The van der Waals surface area contributed by atoms with E-state index in [1.165, 1.54) is 35.9 Å². The lowest BCUT2D eigenvalue weighted by Gasteiger charge is -2.34. The highest BCUT2D eigenvalue weighted by atomic mass is 32.2. The number of methoxy groups -OCH3 is 1. The number of carboxylic acids is 1. The summed E-state index contributed by atoms with van der Waals surface area (Å²) < 4.78 is 4.86. The predicted molar refractivity (Wildman–Crippen MR) is 73.4 cm³/mol. The molecule has 1 fully saturated rings. The van der Waals surface area contributed by atoms with E-state index < -0.39 is 22.9 Å². The van der Waals surface area contributed by atoms with E-state index in [1.54, 1.807) is 19.2 Å². The summed E-state index contributed by atoms with van der Waals surface area (Å²) in [5.74, 6) is -1.15. The topological polar surface area (TPSA) is 87.1 Å². The first-order valence-corrected chi connectivity index (χ1v) is 6.89. The van der Waals surface area contributed by atoms with Crippen molar-refractivity contribution in [2.45, 2.75) is 10.9 Å². The molecule has 2 atom stereocenters. The molecule has 0 aromatic heterocycles. The quantitative estimate of drug-likeness (QED) is 0.800. The van der Waals surface area contributed by atoms with E-state index in [0.717, 1.165) is 0 Å². The van der Waals surface area contributed by atoms with Crippen LogP contribution in [0.4, 0.5) is 0 Å². The summed E-state index contributed by atoms with van der Waals surface area (Å²) in [6.45, 7) is 0. The summed E-state index contributed by atoms with van der Waals surface area (Å²) in [7, 11) is 2.86. The van der Waals surface area contributed by atoms with Gasteiger partial charge in [-0.15, -0.1) is 11.8 Å². The van der Waals surface area contributed by atoms with Crippen LogP contribution in [0.5, 0.6) is 5.75 Å². The van der Waals surface area contributed by atoms with Gasteiger partial charge in [-0.3, -0.25) is 9.69 Å². The van der Waals surface area contributed by atoms with E-state index in [0.29, 0.717) is 5.56 Å². The number of rotatable bonds is 3. The number of carboxylic acid groups (broad SMARTS) is 1. The molecule has 1 aliphatic rings. The monoisotopic (exact) mass is 297 g/mol. The Morgan fingerprint density at radius 3 is 2.45 bits per heavy atom. The molecular weight excluding hydrogens is 282 g/mol. The molecule has 20 heavy (non-hydrogen) atoms. The molecule has 108 valence electrons. The number of aromatic hydroxyl groups is 1. The molecular formula is C13H15NO5S. The number of ether oxygens (including phenoxy) is 1. The fourth-order valence-corrected chi connectivity index (χ4v) is 3.90. The highest BCUT2D eigenvalue weighted by molar-refractivity contribution is 8.01. The minimum absolute atomic E-state index is 0.0780. The summed E-state index contributed by atoms with van der Waals surface area (Å²) in [5.41, 5.74) is 0.582. The summed E-state index contributed by atoms with van der Waals surface area (Å²) in [6.07, 6.45) is 0. The van der Waals surface area contributed by atoms with Gasteiger partial charge in [-0.1, -0.05) is 12.1 Å². The first kappa shape index (κ1) is 14.7. The summed E-state index contributed by atoms with van der Waals surface area (Å²) in [5, 5.41) is 18.6. The van der Waals surface area contributed by atoms with Crippen LogP contribution < -0.4 is 0 Å². The molecule has 1 aromatic carbocycles. The van der Waals surface area contributed by atoms with Crippen LogP contribution in [0.2, 0.25) is 0 Å². The van der Waals surface area contributed by atoms with Gasteiger partial charge in [-0.2, -0.15) is 0 Å². The van der Waals surface area contributed by atoms with E-state index in [2.05, 4.69) is 0 Å². The van der Waals surface area contributed by atoms with Crippen molar-refractivity contribution in [2.75, 3.05) is 19.9 Å². The second kappa shape index (κ2) is 5.34. The van der Waals surface area contributed by atoms with Crippen LogP contribution in [0.15, 0.2) is 24.3 Å². The van der Waals surface area contributed by atoms with Crippen molar-refractivity contribution in [3.05, 3.63) is 29.8 Å². The third-order valence-corrected chi connectivity index (χ3v) is 5.01. The number of phenols is 1. The Kier molecular flexibility index (Phi) is 3.92. The molecule has 6 nitrogen and oxygen atoms in total. The summed E-state index contributed by atoms with van der Waals surface area (Å²) in [4.78, 5) is 23.8. The Bertz CT molecular complexity index is 532. The van der Waals surface area contributed by atoms with Gasteiger partial charge >= 0.3 is 11.9 Å².